The number of hydrogen-bond acceptors (Lipinski definition) is 4. The van der Waals surface area contributed by atoms with E-state index in [-0.39, 0.29) is 5.91 Å². The van der Waals surface area contributed by atoms with E-state index >= 15 is 0 Å². The number of rotatable bonds is 6. The number of anilines is 1. The molecule has 0 radical (unpaired) electrons. The number of nitrogens with zero attached hydrogens (tertiary/aromatic N) is 1. The summed E-state index contributed by atoms with van der Waals surface area (Å²) < 4.78 is 10.7. The van der Waals surface area contributed by atoms with Crippen molar-refractivity contribution >= 4 is 11.7 Å². The van der Waals surface area contributed by atoms with E-state index in [1.54, 1.807) is 30.5 Å². The van der Waals surface area contributed by atoms with Crippen LogP contribution in [0.15, 0.2) is 49.2 Å². The number of hydrogen-bond donors (Lipinski definition) is 1. The van der Waals surface area contributed by atoms with E-state index in [1.807, 2.05) is 19.1 Å². The van der Waals surface area contributed by atoms with E-state index < -0.39 is 0 Å². The summed E-state index contributed by atoms with van der Waals surface area (Å²) in [6, 6.07) is 8.71. The Morgan fingerprint density at radius 2 is 2.18 bits per heavy atom. The Balaban J connectivity index is 2.19. The molecule has 0 bridgehead atoms. The molecule has 2 rings (SSSR count). The number of ether oxygens (including phenoxy) is 2. The Labute approximate surface area is 129 Å². The highest BCUT2D eigenvalue weighted by Crippen LogP contribution is 2.28. The normalized spacial score (nSPS) is 9.91. The van der Waals surface area contributed by atoms with Crippen LogP contribution in [0.2, 0.25) is 0 Å². The maximum absolute atomic E-state index is 12.3. The topological polar surface area (TPSA) is 60.5 Å². The van der Waals surface area contributed by atoms with Crippen molar-refractivity contribution in [1.29, 1.82) is 0 Å². The monoisotopic (exact) mass is 298 g/mol. The maximum Gasteiger partial charge on any atom is 0.256 e. The van der Waals surface area contributed by atoms with Crippen LogP contribution in [-0.4, -0.2) is 24.6 Å². The van der Waals surface area contributed by atoms with Gasteiger partial charge >= 0.3 is 0 Å². The minimum absolute atomic E-state index is 0.254. The summed E-state index contributed by atoms with van der Waals surface area (Å²) in [6.45, 7) is 5.85. The lowest BCUT2D eigenvalue weighted by Crippen LogP contribution is -2.14. The van der Waals surface area contributed by atoms with Crippen LogP contribution in [-0.2, 0) is 0 Å². The Kier molecular flexibility index (Phi) is 5.14. The second kappa shape index (κ2) is 7.26. The van der Waals surface area contributed by atoms with Crippen molar-refractivity contribution in [1.82, 2.24) is 4.98 Å². The van der Waals surface area contributed by atoms with Crippen molar-refractivity contribution in [3.8, 4) is 11.5 Å². The Hall–Kier alpha value is -2.82. The Bertz CT molecular complexity index is 683. The average Bonchev–Trinajstić information content (AvgIpc) is 2.54. The summed E-state index contributed by atoms with van der Waals surface area (Å²) in [4.78, 5) is 16.4. The van der Waals surface area contributed by atoms with Crippen LogP contribution >= 0.6 is 0 Å². The first-order valence-electron chi connectivity index (χ1n) is 6.80. The van der Waals surface area contributed by atoms with Crippen molar-refractivity contribution in [2.24, 2.45) is 0 Å². The second-order valence-corrected chi connectivity index (χ2v) is 4.59. The zero-order valence-corrected chi connectivity index (χ0v) is 12.6. The largest absolute Gasteiger partial charge is 0.493 e. The first kappa shape index (κ1) is 15.6. The molecule has 1 aromatic heterocycles. The van der Waals surface area contributed by atoms with Crippen molar-refractivity contribution in [2.45, 2.75) is 6.92 Å². The van der Waals surface area contributed by atoms with Crippen molar-refractivity contribution in [3.05, 3.63) is 60.3 Å². The number of benzene rings is 1. The second-order valence-electron chi connectivity index (χ2n) is 4.59. The summed E-state index contributed by atoms with van der Waals surface area (Å²) in [7, 11) is 1.53. The molecule has 0 spiro atoms. The van der Waals surface area contributed by atoms with Gasteiger partial charge in [0.15, 0.2) is 11.5 Å². The van der Waals surface area contributed by atoms with E-state index in [4.69, 9.17) is 9.47 Å². The maximum atomic E-state index is 12.3. The third-order valence-corrected chi connectivity index (χ3v) is 3.02. The fourth-order valence-corrected chi connectivity index (χ4v) is 1.87. The van der Waals surface area contributed by atoms with E-state index in [9.17, 15) is 4.79 Å². The summed E-state index contributed by atoms with van der Waals surface area (Å²) in [6.07, 6.45) is 3.28. The molecule has 5 heteroatoms. The van der Waals surface area contributed by atoms with Crippen LogP contribution in [0.3, 0.4) is 0 Å². The van der Waals surface area contributed by atoms with Crippen LogP contribution in [0, 0.1) is 6.92 Å². The van der Waals surface area contributed by atoms with E-state index in [1.165, 1.54) is 7.11 Å². The van der Waals surface area contributed by atoms with E-state index in [0.29, 0.717) is 29.5 Å². The summed E-state index contributed by atoms with van der Waals surface area (Å²) in [5.74, 6) is 1.34. The van der Waals surface area contributed by atoms with E-state index in [0.717, 1.165) is 5.56 Å². The summed E-state index contributed by atoms with van der Waals surface area (Å²) >= 11 is 0. The number of carbonyl (C=O) groups excluding carboxylic acids is 1. The van der Waals surface area contributed by atoms with Crippen LogP contribution in [0.1, 0.15) is 15.9 Å². The molecule has 0 atom stereocenters. The lowest BCUT2D eigenvalue weighted by molar-refractivity contribution is 0.102. The zero-order valence-electron chi connectivity index (χ0n) is 12.6. The van der Waals surface area contributed by atoms with Crippen LogP contribution in [0.4, 0.5) is 5.82 Å². The molecule has 22 heavy (non-hydrogen) atoms. The van der Waals surface area contributed by atoms with Gasteiger partial charge in [-0.15, -0.1) is 0 Å². The average molecular weight is 298 g/mol. The molecule has 0 unspecified atom stereocenters. The molecule has 0 aliphatic rings. The first-order chi connectivity index (χ1) is 10.7. The van der Waals surface area contributed by atoms with Gasteiger partial charge in [-0.2, -0.15) is 0 Å². The zero-order chi connectivity index (χ0) is 15.9. The molecular formula is C17H18N2O3. The molecule has 0 aliphatic carbocycles. The van der Waals surface area contributed by atoms with Gasteiger partial charge in [0.1, 0.15) is 12.4 Å². The quantitative estimate of drug-likeness (QED) is 0.832. The van der Waals surface area contributed by atoms with Crippen LogP contribution < -0.4 is 14.8 Å². The smallest absolute Gasteiger partial charge is 0.256 e. The molecule has 114 valence electrons. The Morgan fingerprint density at radius 1 is 1.36 bits per heavy atom. The highest BCUT2D eigenvalue weighted by atomic mass is 16.5. The molecule has 1 N–H and O–H groups in total. The first-order valence-corrected chi connectivity index (χ1v) is 6.80. The predicted molar refractivity (Wildman–Crippen MR) is 85.6 cm³/mol. The van der Waals surface area contributed by atoms with Crippen molar-refractivity contribution in [3.63, 3.8) is 0 Å². The SMILES string of the molecule is C=CCOc1ccc(C(=O)Nc2ncccc2C)cc1OC. The van der Waals surface area contributed by atoms with Gasteiger partial charge in [0.25, 0.3) is 5.91 Å². The van der Waals surface area contributed by atoms with Gasteiger partial charge in [-0.05, 0) is 36.8 Å². The number of methoxy groups -OCH3 is 1. The molecule has 0 saturated heterocycles. The molecular weight excluding hydrogens is 280 g/mol. The number of aromatic nitrogens is 1. The standard InChI is InChI=1S/C17H18N2O3/c1-4-10-22-14-8-7-13(11-15(14)21-3)17(20)19-16-12(2)6-5-9-18-16/h4-9,11H,1,10H2,2-3H3,(H,18,19,20). The summed E-state index contributed by atoms with van der Waals surface area (Å²) in [5.41, 5.74) is 1.36. The Morgan fingerprint density at radius 3 is 2.86 bits per heavy atom. The fourth-order valence-electron chi connectivity index (χ4n) is 1.87. The predicted octanol–water partition coefficient (Wildman–Crippen LogP) is 3.22. The minimum Gasteiger partial charge on any atom is -0.493 e. The van der Waals surface area contributed by atoms with E-state index in [2.05, 4.69) is 16.9 Å². The number of carbonyl (C=O) groups is 1. The van der Waals surface area contributed by atoms with Crippen LogP contribution in [0.5, 0.6) is 11.5 Å². The highest BCUT2D eigenvalue weighted by molar-refractivity contribution is 6.04. The number of aryl methyl sites for hydroxylation is 1. The van der Waals surface area contributed by atoms with Crippen LogP contribution in [0.25, 0.3) is 0 Å². The van der Waals surface area contributed by atoms with Gasteiger partial charge in [0, 0.05) is 11.8 Å². The molecule has 0 saturated carbocycles. The number of amides is 1. The molecule has 1 heterocycles. The number of nitrogens with one attached hydrogen (secondary N) is 1. The third-order valence-electron chi connectivity index (χ3n) is 3.02. The van der Waals surface area contributed by atoms with Crippen molar-refractivity contribution < 1.29 is 14.3 Å². The molecule has 0 aliphatic heterocycles. The molecule has 1 amide bonds. The molecule has 5 nitrogen and oxygen atoms in total. The molecule has 0 fully saturated rings. The van der Waals surface area contributed by atoms with Gasteiger partial charge < -0.3 is 14.8 Å². The van der Waals surface area contributed by atoms with Gasteiger partial charge in [-0.3, -0.25) is 4.79 Å². The lowest BCUT2D eigenvalue weighted by Gasteiger charge is -2.11. The molecule has 2 aromatic rings. The van der Waals surface area contributed by atoms with Gasteiger partial charge in [-0.25, -0.2) is 4.98 Å². The van der Waals surface area contributed by atoms with Crippen molar-refractivity contribution in [2.75, 3.05) is 19.0 Å². The lowest BCUT2D eigenvalue weighted by atomic mass is 10.2. The minimum atomic E-state index is -0.254. The third kappa shape index (κ3) is 3.63. The van der Waals surface area contributed by atoms with Gasteiger partial charge in [-0.1, -0.05) is 18.7 Å². The highest BCUT2D eigenvalue weighted by Gasteiger charge is 2.12. The fraction of sp³-hybridized carbons (Fsp3) is 0.176. The molecule has 1 aromatic carbocycles. The summed E-state index contributed by atoms with van der Waals surface area (Å²) in [5, 5.41) is 2.78. The number of pyridine rings is 1. The van der Waals surface area contributed by atoms with Gasteiger partial charge in [0.05, 0.1) is 7.11 Å². The van der Waals surface area contributed by atoms with Gasteiger partial charge in [0.2, 0.25) is 0 Å².